The van der Waals surface area contributed by atoms with Crippen LogP contribution in [0.25, 0.3) is 0 Å². The third-order valence-electron chi connectivity index (χ3n) is 13.0. The van der Waals surface area contributed by atoms with Crippen LogP contribution in [0.15, 0.2) is 60.2 Å². The van der Waals surface area contributed by atoms with Crippen LogP contribution in [0.1, 0.15) is 79.2 Å². The van der Waals surface area contributed by atoms with Crippen LogP contribution in [0.5, 0.6) is 0 Å². The predicted octanol–water partition coefficient (Wildman–Crippen LogP) is 3.47. The number of carbonyl (C=O) groups excluding carboxylic acids is 6. The van der Waals surface area contributed by atoms with Gasteiger partial charge in [-0.15, -0.1) is 0 Å². The number of nitrogens with zero attached hydrogens (tertiary/aromatic N) is 1. The van der Waals surface area contributed by atoms with Gasteiger partial charge in [-0.25, -0.2) is 14.4 Å². The molecule has 2 aromatic carbocycles. The lowest BCUT2D eigenvalue weighted by molar-refractivity contribution is -0.204. The molecular weight excluding hydrogens is 819 g/mol. The third kappa shape index (κ3) is 11.2. The van der Waals surface area contributed by atoms with Gasteiger partial charge in [0.15, 0.2) is 12.4 Å². The van der Waals surface area contributed by atoms with E-state index in [1.807, 2.05) is 13.0 Å². The summed E-state index contributed by atoms with van der Waals surface area (Å²) in [6.07, 6.45) is 4.16. The number of nitriles is 1. The van der Waals surface area contributed by atoms with E-state index in [0.717, 1.165) is 19.3 Å². The number of amides is 1. The smallest absolute Gasteiger partial charge is 0.344 e. The van der Waals surface area contributed by atoms with Gasteiger partial charge >= 0.3 is 23.9 Å². The molecule has 3 N–H and O–H groups in total. The molecule has 4 aliphatic rings. The van der Waals surface area contributed by atoms with Gasteiger partial charge in [0.25, 0.3) is 0 Å². The predicted molar refractivity (Wildman–Crippen MR) is 222 cm³/mol. The second-order valence-corrected chi connectivity index (χ2v) is 17.0. The standard InChI is InChI=1S/C46H55N3O14/c1-44-15-13-37(50)45(2,35(44)12-16-46(3)36(44)24-34(63-46)33-14-18-60-43(33)56)28-62-40(53)27-61-42(55)31-6-4-29(5-7-31)41(54)30-8-10-32(11-9-30)49-38(51)25-48-26-39(52)59-23-22-58-21-20-57-19-17-47/h4-11,14,34-37,48,50H,12-13,15-16,18-28H2,1-3H3,(H,49,51)/t34?,35?,36?,37-,44-,45+,46?/m1/s1. The molecule has 7 atom stereocenters. The maximum Gasteiger partial charge on any atom is 0.344 e. The van der Waals surface area contributed by atoms with Crippen LogP contribution >= 0.6 is 0 Å². The van der Waals surface area contributed by atoms with E-state index in [2.05, 4.69) is 24.5 Å². The zero-order valence-electron chi connectivity index (χ0n) is 35.8. The Hall–Kier alpha value is -5.51. The number of anilines is 1. The molecule has 0 bridgehead atoms. The van der Waals surface area contributed by atoms with E-state index in [9.17, 15) is 33.9 Å². The van der Waals surface area contributed by atoms with Gasteiger partial charge in [-0.1, -0.05) is 26.0 Å². The monoisotopic (exact) mass is 873 g/mol. The summed E-state index contributed by atoms with van der Waals surface area (Å²) in [6, 6.07) is 13.8. The quantitative estimate of drug-likeness (QED) is 0.0748. The molecule has 2 saturated carbocycles. The maximum absolute atomic E-state index is 13.2. The molecule has 2 aliphatic carbocycles. The van der Waals surface area contributed by atoms with Gasteiger partial charge < -0.3 is 43.6 Å². The molecule has 1 amide bonds. The zero-order chi connectivity index (χ0) is 45.2. The SMILES string of the molecule is CC12CCC3[C@@](C)(CC[C@@H](O)[C@@]3(C)COC(=O)COC(=O)c3ccc(C(=O)c4ccc(NC(=O)CNCC(=O)OCCOCCOCC#N)cc4)cc3)C1CC(C1=CCOC1=O)O2. The van der Waals surface area contributed by atoms with Gasteiger partial charge in [0.2, 0.25) is 5.91 Å². The minimum Gasteiger partial charge on any atom is -0.462 e. The summed E-state index contributed by atoms with van der Waals surface area (Å²) >= 11 is 0. The minimum atomic E-state index is -0.779. The zero-order valence-corrected chi connectivity index (χ0v) is 35.8. The van der Waals surface area contributed by atoms with E-state index < -0.39 is 47.5 Å². The molecule has 0 aromatic heterocycles. The molecule has 0 radical (unpaired) electrons. The van der Waals surface area contributed by atoms with E-state index in [1.54, 1.807) is 30.3 Å². The van der Waals surface area contributed by atoms with Crippen LogP contribution in [0, 0.1) is 34.0 Å². The molecule has 0 spiro atoms. The first-order valence-corrected chi connectivity index (χ1v) is 21.2. The number of carbonyl (C=O) groups is 6. The number of ketones is 1. The highest BCUT2D eigenvalue weighted by atomic mass is 16.6. The van der Waals surface area contributed by atoms with E-state index in [0.29, 0.717) is 35.2 Å². The first-order chi connectivity index (χ1) is 30.2. The topological polar surface area (TPSA) is 235 Å². The van der Waals surface area contributed by atoms with Crippen LogP contribution in [-0.2, 0) is 52.3 Å². The van der Waals surface area contributed by atoms with Gasteiger partial charge in [0.1, 0.15) is 19.8 Å². The average molecular weight is 874 g/mol. The van der Waals surface area contributed by atoms with Crippen molar-refractivity contribution in [3.05, 3.63) is 76.9 Å². The first-order valence-electron chi connectivity index (χ1n) is 21.2. The van der Waals surface area contributed by atoms with Crippen LogP contribution in [0.4, 0.5) is 5.69 Å². The fourth-order valence-corrected chi connectivity index (χ4v) is 9.79. The highest BCUT2D eigenvalue weighted by molar-refractivity contribution is 6.09. The van der Waals surface area contributed by atoms with Crippen molar-refractivity contribution in [2.24, 2.45) is 22.7 Å². The number of hydrogen-bond acceptors (Lipinski definition) is 16. The first kappa shape index (κ1) is 47.0. The second-order valence-electron chi connectivity index (χ2n) is 17.0. The third-order valence-corrected chi connectivity index (χ3v) is 13.0. The highest BCUT2D eigenvalue weighted by Crippen LogP contribution is 2.66. The normalized spacial score (nSPS) is 27.2. The number of aliphatic hydroxyl groups excluding tert-OH is 1. The number of benzene rings is 2. The molecule has 4 unspecified atom stereocenters. The summed E-state index contributed by atoms with van der Waals surface area (Å²) in [4.78, 5) is 75.6. The second kappa shape index (κ2) is 20.8. The highest BCUT2D eigenvalue weighted by Gasteiger charge is 2.65. The van der Waals surface area contributed by atoms with E-state index in [-0.39, 0.29) is 100 Å². The molecule has 1 saturated heterocycles. The van der Waals surface area contributed by atoms with Crippen molar-refractivity contribution in [1.82, 2.24) is 5.32 Å². The molecule has 2 heterocycles. The Kier molecular flexibility index (Phi) is 15.5. The van der Waals surface area contributed by atoms with Gasteiger partial charge in [-0.3, -0.25) is 19.7 Å². The molecular formula is C46H55N3O14. The maximum atomic E-state index is 13.2. The Morgan fingerprint density at radius 1 is 0.825 bits per heavy atom. The van der Waals surface area contributed by atoms with Crippen LogP contribution in [0.3, 0.4) is 0 Å². The van der Waals surface area contributed by atoms with Crippen LogP contribution < -0.4 is 10.6 Å². The fourth-order valence-electron chi connectivity index (χ4n) is 9.79. The fraction of sp³-hybridized carbons (Fsp3) is 0.543. The Balaban J connectivity index is 0.911. The summed E-state index contributed by atoms with van der Waals surface area (Å²) in [7, 11) is 0. The van der Waals surface area contributed by atoms with Gasteiger partial charge in [0.05, 0.1) is 74.5 Å². The summed E-state index contributed by atoms with van der Waals surface area (Å²) in [5.41, 5.74) is 0.301. The average Bonchev–Trinajstić information content (AvgIpc) is 3.87. The Bertz CT molecular complexity index is 2080. The van der Waals surface area contributed by atoms with Crippen molar-refractivity contribution in [2.45, 2.75) is 70.7 Å². The summed E-state index contributed by atoms with van der Waals surface area (Å²) in [5.74, 6) is -3.06. The number of nitrogens with one attached hydrogen (secondary N) is 2. The molecule has 3 fully saturated rings. The Labute approximate surface area is 365 Å². The number of aliphatic hydroxyl groups is 1. The molecule has 2 aromatic rings. The van der Waals surface area contributed by atoms with Gasteiger partial charge in [-0.05, 0) is 98.8 Å². The number of fused-ring (bicyclic) bond motifs is 3. The van der Waals surface area contributed by atoms with Gasteiger partial charge in [-0.2, -0.15) is 5.26 Å². The minimum absolute atomic E-state index is 0.000282. The van der Waals surface area contributed by atoms with Crippen molar-refractivity contribution in [3.63, 3.8) is 0 Å². The largest absolute Gasteiger partial charge is 0.462 e. The summed E-state index contributed by atoms with van der Waals surface area (Å²) < 4.78 is 37.8. The number of ether oxygens (including phenoxy) is 7. The van der Waals surface area contributed by atoms with Crippen molar-refractivity contribution >= 4 is 41.3 Å². The Morgan fingerprint density at radius 3 is 2.21 bits per heavy atom. The molecule has 17 heteroatoms. The molecule has 338 valence electrons. The number of cyclic esters (lactones) is 1. The molecule has 63 heavy (non-hydrogen) atoms. The van der Waals surface area contributed by atoms with Crippen molar-refractivity contribution < 1.29 is 67.0 Å². The van der Waals surface area contributed by atoms with E-state index >= 15 is 0 Å². The number of esters is 4. The lowest BCUT2D eigenvalue weighted by Gasteiger charge is -2.61. The lowest BCUT2D eigenvalue weighted by Crippen LogP contribution is -2.61. The van der Waals surface area contributed by atoms with Crippen LogP contribution in [-0.4, -0.2) is 124 Å². The van der Waals surface area contributed by atoms with Crippen molar-refractivity contribution in [3.8, 4) is 6.07 Å². The lowest BCUT2D eigenvalue weighted by atomic mass is 9.44. The van der Waals surface area contributed by atoms with Crippen LogP contribution in [0.2, 0.25) is 0 Å². The number of hydrogen-bond donors (Lipinski definition) is 3. The van der Waals surface area contributed by atoms with Crippen molar-refractivity contribution in [2.75, 3.05) is 71.3 Å². The number of rotatable bonds is 20. The van der Waals surface area contributed by atoms with E-state index in [1.165, 1.54) is 24.3 Å². The van der Waals surface area contributed by atoms with Crippen molar-refractivity contribution in [1.29, 1.82) is 5.26 Å². The molecule has 17 nitrogen and oxygen atoms in total. The molecule has 6 rings (SSSR count). The van der Waals surface area contributed by atoms with E-state index in [4.69, 9.17) is 38.4 Å². The van der Waals surface area contributed by atoms with Gasteiger partial charge in [0, 0.05) is 22.2 Å². The Morgan fingerprint density at radius 2 is 1.51 bits per heavy atom. The summed E-state index contributed by atoms with van der Waals surface area (Å²) in [6.45, 7) is 6.18. The molecule has 2 aliphatic heterocycles. The summed E-state index contributed by atoms with van der Waals surface area (Å²) in [5, 5.41) is 25.1.